The molecule has 3 saturated carbocycles. The Bertz CT molecular complexity index is 402. The second-order valence-electron chi connectivity index (χ2n) is 11.0. The van der Waals surface area contributed by atoms with Gasteiger partial charge in [-0.3, -0.25) is 0 Å². The zero-order valence-electron chi connectivity index (χ0n) is 19.2. The average molecular weight is 391 g/mol. The predicted molar refractivity (Wildman–Crippen MR) is 121 cm³/mol. The zero-order chi connectivity index (χ0) is 19.8. The van der Waals surface area contributed by atoms with E-state index in [4.69, 9.17) is 5.11 Å². The summed E-state index contributed by atoms with van der Waals surface area (Å²) < 4.78 is 0. The van der Waals surface area contributed by atoms with Crippen LogP contribution >= 0.6 is 0 Å². The summed E-state index contributed by atoms with van der Waals surface area (Å²) in [6.07, 6.45) is 24.8. The van der Waals surface area contributed by atoms with Crippen LogP contribution in [0.5, 0.6) is 0 Å². The summed E-state index contributed by atoms with van der Waals surface area (Å²) in [6, 6.07) is 0. The Hall–Kier alpha value is -0.0400. The molecular formula is C27H50O. The molecule has 3 unspecified atom stereocenters. The molecule has 164 valence electrons. The minimum atomic E-state index is 0.385. The Labute approximate surface area is 176 Å². The first-order valence-electron chi connectivity index (χ1n) is 13.4. The first kappa shape index (κ1) is 22.6. The molecule has 0 radical (unpaired) electrons. The largest absolute Gasteiger partial charge is 0.396 e. The molecule has 1 nitrogen and oxygen atoms in total. The van der Waals surface area contributed by atoms with E-state index >= 15 is 0 Å². The van der Waals surface area contributed by atoms with E-state index in [1.54, 1.807) is 38.5 Å². The average Bonchev–Trinajstić information content (AvgIpc) is 2.75. The standard InChI is InChI=1S/C27H50O/c1-3-7-21-9-12-24(13-10-21)25-14-16-26(17-15-25)27-18-11-22(8-5-6-19-28)20-23(27)4-2/h21-28H,3-20H2,1-2H3. The highest BCUT2D eigenvalue weighted by Gasteiger charge is 2.37. The first-order chi connectivity index (χ1) is 13.7. The van der Waals surface area contributed by atoms with Gasteiger partial charge in [-0.2, -0.15) is 0 Å². The molecule has 3 fully saturated rings. The van der Waals surface area contributed by atoms with Gasteiger partial charge in [-0.05, 0) is 99.2 Å². The lowest BCUT2D eigenvalue weighted by atomic mass is 9.61. The number of unbranched alkanes of at least 4 members (excludes halogenated alkanes) is 1. The molecule has 3 aliphatic rings. The van der Waals surface area contributed by atoms with Crippen LogP contribution in [0.4, 0.5) is 0 Å². The van der Waals surface area contributed by atoms with Gasteiger partial charge < -0.3 is 5.11 Å². The molecule has 0 amide bonds. The van der Waals surface area contributed by atoms with Crippen LogP contribution < -0.4 is 0 Å². The van der Waals surface area contributed by atoms with Crippen molar-refractivity contribution in [2.75, 3.05) is 6.61 Å². The molecule has 3 rings (SSSR count). The van der Waals surface area contributed by atoms with Gasteiger partial charge >= 0.3 is 0 Å². The highest BCUT2D eigenvalue weighted by atomic mass is 16.2. The molecule has 3 aliphatic carbocycles. The lowest BCUT2D eigenvalue weighted by Gasteiger charge is -2.44. The molecule has 0 aromatic rings. The van der Waals surface area contributed by atoms with E-state index < -0.39 is 0 Å². The summed E-state index contributed by atoms with van der Waals surface area (Å²) in [7, 11) is 0. The molecule has 1 heteroatoms. The Morgan fingerprint density at radius 3 is 1.86 bits per heavy atom. The summed E-state index contributed by atoms with van der Waals surface area (Å²) in [6.45, 7) is 5.20. The van der Waals surface area contributed by atoms with Crippen LogP contribution in [0.15, 0.2) is 0 Å². The molecule has 1 N–H and O–H groups in total. The smallest absolute Gasteiger partial charge is 0.0431 e. The van der Waals surface area contributed by atoms with E-state index in [1.807, 2.05) is 0 Å². The van der Waals surface area contributed by atoms with Gasteiger partial charge in [-0.25, -0.2) is 0 Å². The monoisotopic (exact) mass is 390 g/mol. The van der Waals surface area contributed by atoms with Gasteiger partial charge in [0.15, 0.2) is 0 Å². The fraction of sp³-hybridized carbons (Fsp3) is 1.00. The van der Waals surface area contributed by atoms with Crippen LogP contribution in [0, 0.1) is 41.4 Å². The van der Waals surface area contributed by atoms with E-state index in [-0.39, 0.29) is 0 Å². The normalized spacial score (nSPS) is 39.8. The van der Waals surface area contributed by atoms with Crippen molar-refractivity contribution in [2.45, 2.75) is 123 Å². The molecule has 0 bridgehead atoms. The van der Waals surface area contributed by atoms with E-state index in [2.05, 4.69) is 13.8 Å². The van der Waals surface area contributed by atoms with Crippen LogP contribution in [0.2, 0.25) is 0 Å². The minimum Gasteiger partial charge on any atom is -0.396 e. The van der Waals surface area contributed by atoms with Crippen molar-refractivity contribution in [3.05, 3.63) is 0 Å². The Kier molecular flexibility index (Phi) is 9.68. The summed E-state index contributed by atoms with van der Waals surface area (Å²) in [5, 5.41) is 9.06. The fourth-order valence-electron chi connectivity index (χ4n) is 7.68. The molecule has 0 spiro atoms. The maximum atomic E-state index is 9.06. The van der Waals surface area contributed by atoms with Gasteiger partial charge in [0.25, 0.3) is 0 Å². The van der Waals surface area contributed by atoms with Gasteiger partial charge in [-0.15, -0.1) is 0 Å². The molecule has 0 saturated heterocycles. The van der Waals surface area contributed by atoms with E-state index in [1.165, 1.54) is 64.2 Å². The lowest BCUT2D eigenvalue weighted by Crippen LogP contribution is -2.34. The molecule has 0 aliphatic heterocycles. The van der Waals surface area contributed by atoms with Gasteiger partial charge in [-0.1, -0.05) is 65.2 Å². The summed E-state index contributed by atoms with van der Waals surface area (Å²) in [4.78, 5) is 0. The molecule has 0 aromatic carbocycles. The van der Waals surface area contributed by atoms with Crippen molar-refractivity contribution in [2.24, 2.45) is 41.4 Å². The van der Waals surface area contributed by atoms with Crippen LogP contribution in [0.3, 0.4) is 0 Å². The van der Waals surface area contributed by atoms with E-state index in [0.29, 0.717) is 6.61 Å². The molecular weight excluding hydrogens is 340 g/mol. The minimum absolute atomic E-state index is 0.385. The third-order valence-electron chi connectivity index (χ3n) is 9.37. The number of rotatable bonds is 9. The van der Waals surface area contributed by atoms with Crippen molar-refractivity contribution in [1.29, 1.82) is 0 Å². The Balaban J connectivity index is 1.40. The van der Waals surface area contributed by atoms with Crippen LogP contribution in [0.1, 0.15) is 123 Å². The van der Waals surface area contributed by atoms with E-state index in [9.17, 15) is 0 Å². The van der Waals surface area contributed by atoms with Crippen molar-refractivity contribution in [3.8, 4) is 0 Å². The number of hydrogen-bond acceptors (Lipinski definition) is 1. The maximum absolute atomic E-state index is 9.06. The highest BCUT2D eigenvalue weighted by Crippen LogP contribution is 2.49. The van der Waals surface area contributed by atoms with Gasteiger partial charge in [0.1, 0.15) is 0 Å². The third kappa shape index (κ3) is 6.23. The van der Waals surface area contributed by atoms with Crippen molar-refractivity contribution >= 4 is 0 Å². The highest BCUT2D eigenvalue weighted by molar-refractivity contribution is 4.88. The van der Waals surface area contributed by atoms with Crippen LogP contribution in [-0.4, -0.2) is 11.7 Å². The Morgan fingerprint density at radius 1 is 0.643 bits per heavy atom. The predicted octanol–water partition coefficient (Wildman–Crippen LogP) is 8.00. The first-order valence-corrected chi connectivity index (χ1v) is 13.4. The summed E-state index contributed by atoms with van der Waals surface area (Å²) in [5.41, 5.74) is 0. The van der Waals surface area contributed by atoms with Crippen LogP contribution in [-0.2, 0) is 0 Å². The number of hydrogen-bond donors (Lipinski definition) is 1. The summed E-state index contributed by atoms with van der Waals surface area (Å²) in [5.74, 6) is 7.28. The number of aliphatic hydroxyl groups is 1. The molecule has 28 heavy (non-hydrogen) atoms. The zero-order valence-corrected chi connectivity index (χ0v) is 19.2. The van der Waals surface area contributed by atoms with Gasteiger partial charge in [0, 0.05) is 6.61 Å². The summed E-state index contributed by atoms with van der Waals surface area (Å²) >= 11 is 0. The molecule has 0 heterocycles. The quantitative estimate of drug-likeness (QED) is 0.395. The van der Waals surface area contributed by atoms with Crippen molar-refractivity contribution in [1.82, 2.24) is 0 Å². The fourth-order valence-corrected chi connectivity index (χ4v) is 7.68. The van der Waals surface area contributed by atoms with Gasteiger partial charge in [0.05, 0.1) is 0 Å². The number of aliphatic hydroxyl groups excluding tert-OH is 1. The van der Waals surface area contributed by atoms with Crippen LogP contribution in [0.25, 0.3) is 0 Å². The Morgan fingerprint density at radius 2 is 1.25 bits per heavy atom. The molecule has 0 aromatic heterocycles. The van der Waals surface area contributed by atoms with E-state index in [0.717, 1.165) is 47.8 Å². The topological polar surface area (TPSA) is 20.2 Å². The SMILES string of the molecule is CCCC1CCC(C2CCC(C3CCC(CCCCO)CC3CC)CC2)CC1. The second kappa shape index (κ2) is 12.0. The van der Waals surface area contributed by atoms with Gasteiger partial charge in [0.2, 0.25) is 0 Å². The lowest BCUT2D eigenvalue weighted by molar-refractivity contribution is 0.0640. The third-order valence-corrected chi connectivity index (χ3v) is 9.37. The van der Waals surface area contributed by atoms with Crippen molar-refractivity contribution < 1.29 is 5.11 Å². The maximum Gasteiger partial charge on any atom is 0.0431 e. The molecule has 3 atom stereocenters. The van der Waals surface area contributed by atoms with Crippen molar-refractivity contribution in [3.63, 3.8) is 0 Å². The second-order valence-corrected chi connectivity index (χ2v) is 11.0.